The van der Waals surface area contributed by atoms with E-state index in [1.54, 1.807) is 11.3 Å². The molecule has 1 aromatic heterocycles. The number of anilines is 1. The number of hydrogen-bond donors (Lipinski definition) is 1. The summed E-state index contributed by atoms with van der Waals surface area (Å²) in [5, 5.41) is 1.02. The van der Waals surface area contributed by atoms with E-state index >= 15 is 0 Å². The van der Waals surface area contributed by atoms with Crippen molar-refractivity contribution in [2.45, 2.75) is 26.4 Å². The Morgan fingerprint density at radius 2 is 2.21 bits per heavy atom. The van der Waals surface area contributed by atoms with Gasteiger partial charge in [-0.25, -0.2) is 4.98 Å². The molecule has 0 bridgehead atoms. The van der Waals surface area contributed by atoms with Gasteiger partial charge in [-0.2, -0.15) is 0 Å². The molecular weight excluding hydrogens is 322 g/mol. The molecule has 0 aliphatic heterocycles. The van der Waals surface area contributed by atoms with Crippen molar-refractivity contribution in [1.82, 2.24) is 4.98 Å². The summed E-state index contributed by atoms with van der Waals surface area (Å²) in [7, 11) is 2.06. The van der Waals surface area contributed by atoms with E-state index in [1.807, 2.05) is 26.0 Å². The third-order valence-electron chi connectivity index (χ3n) is 2.87. The molecule has 2 rings (SSSR count). The fourth-order valence-electron chi connectivity index (χ4n) is 1.96. The number of rotatable bonds is 4. The molecule has 0 amide bonds. The van der Waals surface area contributed by atoms with Crippen molar-refractivity contribution in [2.24, 2.45) is 5.73 Å². The highest BCUT2D eigenvalue weighted by atomic mass is 79.9. The number of hydrogen-bond acceptors (Lipinski definition) is 4. The summed E-state index contributed by atoms with van der Waals surface area (Å²) in [6.45, 7) is 4.86. The smallest absolute Gasteiger partial charge is 0.185 e. The van der Waals surface area contributed by atoms with E-state index < -0.39 is 0 Å². The van der Waals surface area contributed by atoms with Gasteiger partial charge in [0, 0.05) is 29.0 Å². The van der Waals surface area contributed by atoms with E-state index in [-0.39, 0.29) is 6.04 Å². The van der Waals surface area contributed by atoms with E-state index in [1.165, 1.54) is 5.56 Å². The minimum Gasteiger partial charge on any atom is -0.347 e. The summed E-state index contributed by atoms with van der Waals surface area (Å²) in [5.41, 5.74) is 8.24. The van der Waals surface area contributed by atoms with Crippen LogP contribution in [0.1, 0.15) is 29.1 Å². The van der Waals surface area contributed by atoms with Crippen LogP contribution in [-0.2, 0) is 6.54 Å². The zero-order chi connectivity index (χ0) is 14.0. The van der Waals surface area contributed by atoms with Gasteiger partial charge in [0.25, 0.3) is 0 Å². The van der Waals surface area contributed by atoms with Gasteiger partial charge >= 0.3 is 0 Å². The predicted molar refractivity (Wildman–Crippen MR) is 85.7 cm³/mol. The Morgan fingerprint density at radius 3 is 2.79 bits per heavy atom. The fraction of sp³-hybridized carbons (Fsp3) is 0.357. The monoisotopic (exact) mass is 339 g/mol. The maximum atomic E-state index is 5.95. The van der Waals surface area contributed by atoms with Crippen molar-refractivity contribution in [3.05, 3.63) is 44.9 Å². The first-order valence-corrected chi connectivity index (χ1v) is 7.77. The van der Waals surface area contributed by atoms with Crippen LogP contribution >= 0.6 is 27.3 Å². The van der Waals surface area contributed by atoms with E-state index in [4.69, 9.17) is 5.73 Å². The quantitative estimate of drug-likeness (QED) is 0.919. The van der Waals surface area contributed by atoms with Gasteiger partial charge in [-0.15, -0.1) is 11.3 Å². The second-order valence-corrected chi connectivity index (χ2v) is 6.65. The lowest BCUT2D eigenvalue weighted by Gasteiger charge is -2.15. The van der Waals surface area contributed by atoms with Crippen LogP contribution in [0.5, 0.6) is 0 Å². The summed E-state index contributed by atoms with van der Waals surface area (Å²) in [6.07, 6.45) is 0. The third kappa shape index (κ3) is 3.55. The van der Waals surface area contributed by atoms with Crippen LogP contribution in [0.3, 0.4) is 0 Å². The number of aromatic nitrogens is 1. The van der Waals surface area contributed by atoms with Crippen LogP contribution in [0.15, 0.2) is 28.7 Å². The standard InChI is InChI=1S/C14H18BrN3S/c1-9(16)13-10(2)17-14(19-13)18(3)8-11-5-4-6-12(15)7-11/h4-7,9H,8,16H2,1-3H3. The molecule has 1 heterocycles. The van der Waals surface area contributed by atoms with Crippen molar-refractivity contribution < 1.29 is 0 Å². The lowest BCUT2D eigenvalue weighted by atomic mass is 10.2. The molecule has 0 aliphatic rings. The van der Waals surface area contributed by atoms with Gasteiger partial charge in [0.1, 0.15) is 0 Å². The average Bonchev–Trinajstić information content (AvgIpc) is 2.71. The number of aryl methyl sites for hydroxylation is 1. The van der Waals surface area contributed by atoms with Gasteiger partial charge in [-0.1, -0.05) is 28.1 Å². The largest absolute Gasteiger partial charge is 0.347 e. The third-order valence-corrected chi connectivity index (χ3v) is 4.84. The molecular formula is C14H18BrN3S. The molecule has 102 valence electrons. The Balaban J connectivity index is 2.16. The number of nitrogens with two attached hydrogens (primary N) is 1. The SMILES string of the molecule is Cc1nc(N(C)Cc2cccc(Br)c2)sc1C(C)N. The number of thiazole rings is 1. The van der Waals surface area contributed by atoms with Gasteiger partial charge in [0.05, 0.1) is 5.69 Å². The summed E-state index contributed by atoms with van der Waals surface area (Å²) in [4.78, 5) is 7.92. The topological polar surface area (TPSA) is 42.2 Å². The van der Waals surface area contributed by atoms with Gasteiger partial charge < -0.3 is 10.6 Å². The van der Waals surface area contributed by atoms with E-state index in [9.17, 15) is 0 Å². The van der Waals surface area contributed by atoms with Crippen molar-refractivity contribution in [3.63, 3.8) is 0 Å². The number of nitrogens with zero attached hydrogens (tertiary/aromatic N) is 2. The Hall–Kier alpha value is -0.910. The molecule has 19 heavy (non-hydrogen) atoms. The minimum absolute atomic E-state index is 0.0468. The average molecular weight is 340 g/mol. The van der Waals surface area contributed by atoms with Crippen LogP contribution in [0.4, 0.5) is 5.13 Å². The fourth-order valence-corrected chi connectivity index (χ4v) is 3.38. The maximum Gasteiger partial charge on any atom is 0.185 e. The normalized spacial score (nSPS) is 12.5. The highest BCUT2D eigenvalue weighted by molar-refractivity contribution is 9.10. The summed E-state index contributed by atoms with van der Waals surface area (Å²) < 4.78 is 1.10. The highest BCUT2D eigenvalue weighted by Crippen LogP contribution is 2.29. The van der Waals surface area contributed by atoms with Gasteiger partial charge in [-0.3, -0.25) is 0 Å². The second kappa shape index (κ2) is 6.03. The molecule has 2 aromatic rings. The molecule has 0 saturated carbocycles. The highest BCUT2D eigenvalue weighted by Gasteiger charge is 2.14. The Labute approximate surface area is 126 Å². The van der Waals surface area contributed by atoms with Crippen LogP contribution in [-0.4, -0.2) is 12.0 Å². The second-order valence-electron chi connectivity index (χ2n) is 4.72. The first-order chi connectivity index (χ1) is 8.97. The van der Waals surface area contributed by atoms with Crippen LogP contribution in [0, 0.1) is 6.92 Å². The van der Waals surface area contributed by atoms with Crippen LogP contribution in [0.25, 0.3) is 0 Å². The van der Waals surface area contributed by atoms with E-state index in [0.717, 1.165) is 26.7 Å². The first-order valence-electron chi connectivity index (χ1n) is 6.16. The predicted octanol–water partition coefficient (Wildman–Crippen LogP) is 3.87. The molecule has 3 nitrogen and oxygen atoms in total. The maximum absolute atomic E-state index is 5.95. The molecule has 0 spiro atoms. The molecule has 0 saturated heterocycles. The molecule has 0 fully saturated rings. The van der Waals surface area contributed by atoms with Crippen LogP contribution in [0.2, 0.25) is 0 Å². The summed E-state index contributed by atoms with van der Waals surface area (Å²) in [6, 6.07) is 8.38. The van der Waals surface area contributed by atoms with Gasteiger partial charge in [-0.05, 0) is 31.5 Å². The summed E-state index contributed by atoms with van der Waals surface area (Å²) >= 11 is 5.17. The molecule has 5 heteroatoms. The lowest BCUT2D eigenvalue weighted by Crippen LogP contribution is -2.16. The van der Waals surface area contributed by atoms with Gasteiger partial charge in [0.15, 0.2) is 5.13 Å². The molecule has 1 atom stereocenters. The zero-order valence-electron chi connectivity index (χ0n) is 11.4. The number of benzene rings is 1. The van der Waals surface area contributed by atoms with Crippen molar-refractivity contribution in [3.8, 4) is 0 Å². The zero-order valence-corrected chi connectivity index (χ0v) is 13.8. The Morgan fingerprint density at radius 1 is 1.47 bits per heavy atom. The van der Waals surface area contributed by atoms with Crippen molar-refractivity contribution >= 4 is 32.4 Å². The van der Waals surface area contributed by atoms with E-state index in [0.29, 0.717) is 0 Å². The Kier molecular flexibility index (Phi) is 4.60. The lowest BCUT2D eigenvalue weighted by molar-refractivity contribution is 0.824. The Bertz CT molecular complexity index is 566. The molecule has 1 aromatic carbocycles. The summed E-state index contributed by atoms with van der Waals surface area (Å²) in [5.74, 6) is 0. The number of halogens is 1. The van der Waals surface area contributed by atoms with Crippen molar-refractivity contribution in [2.75, 3.05) is 11.9 Å². The molecule has 0 radical (unpaired) electrons. The van der Waals surface area contributed by atoms with E-state index in [2.05, 4.69) is 45.0 Å². The van der Waals surface area contributed by atoms with Crippen LogP contribution < -0.4 is 10.6 Å². The molecule has 1 unspecified atom stereocenters. The van der Waals surface area contributed by atoms with Crippen molar-refractivity contribution in [1.29, 1.82) is 0 Å². The first kappa shape index (κ1) is 14.5. The van der Waals surface area contributed by atoms with Gasteiger partial charge in [0.2, 0.25) is 0 Å². The minimum atomic E-state index is 0.0468. The molecule has 0 aliphatic carbocycles. The molecule has 2 N–H and O–H groups in total.